The molecule has 0 unspecified atom stereocenters. The summed E-state index contributed by atoms with van der Waals surface area (Å²) in [5.41, 5.74) is 6.90. The van der Waals surface area contributed by atoms with Crippen LogP contribution in [-0.4, -0.2) is 36.8 Å². The first-order valence-corrected chi connectivity index (χ1v) is 3.07. The van der Waals surface area contributed by atoms with Crippen molar-refractivity contribution >= 4 is 11.9 Å². The van der Waals surface area contributed by atoms with Gasteiger partial charge in [0, 0.05) is 0 Å². The molecule has 0 bridgehead atoms. The molecule has 0 aromatic heterocycles. The highest BCUT2D eigenvalue weighted by molar-refractivity contribution is 5.76. The average molecular weight is 218 g/mol. The number of amides is 1. The molecule has 4 N–H and O–H groups in total. The smallest absolute Gasteiger partial charge is 0.475 e. The number of hydroxylamine groups is 1. The Bertz CT molecular complexity index is 194. The molecule has 0 spiro atoms. The minimum Gasteiger partial charge on any atom is -0.475 e. The summed E-state index contributed by atoms with van der Waals surface area (Å²) in [5, 5.41) is 7.12. The largest absolute Gasteiger partial charge is 0.490 e. The summed E-state index contributed by atoms with van der Waals surface area (Å²) >= 11 is 0. The fraction of sp³-hybridized carbons (Fsp3) is 0.600. The number of carboxylic acid groups (broad SMARTS) is 1. The minimum absolute atomic E-state index is 0.0339. The van der Waals surface area contributed by atoms with Crippen molar-refractivity contribution < 1.29 is 32.7 Å². The first-order valence-electron chi connectivity index (χ1n) is 3.07. The summed E-state index contributed by atoms with van der Waals surface area (Å²) in [6.45, 7) is -0.0339. The maximum absolute atomic E-state index is 10.6. The summed E-state index contributed by atoms with van der Waals surface area (Å²) in [5.74, 6) is -3.07. The standard InChI is InChI=1S/C3H8N2O2.C2HF3O2/c1-7-5-3(6)2-4;3-2(4,5)1(6)7/h2,4H2,1H3,(H,5,6);(H,6,7). The van der Waals surface area contributed by atoms with Crippen LogP contribution in [0.1, 0.15) is 0 Å². The van der Waals surface area contributed by atoms with Gasteiger partial charge in [-0.15, -0.1) is 0 Å². The zero-order valence-corrected chi connectivity index (χ0v) is 7.09. The second-order valence-electron chi connectivity index (χ2n) is 1.74. The molecule has 0 aliphatic heterocycles. The van der Waals surface area contributed by atoms with Crippen molar-refractivity contribution in [2.45, 2.75) is 6.18 Å². The Balaban J connectivity index is 0. The summed E-state index contributed by atoms with van der Waals surface area (Å²) in [6, 6.07) is 0. The van der Waals surface area contributed by atoms with E-state index >= 15 is 0 Å². The molecule has 14 heavy (non-hydrogen) atoms. The Morgan fingerprint density at radius 3 is 1.93 bits per heavy atom. The molecule has 0 aromatic carbocycles. The van der Waals surface area contributed by atoms with Crippen molar-refractivity contribution in [1.82, 2.24) is 5.48 Å². The van der Waals surface area contributed by atoms with Crippen LogP contribution in [0.5, 0.6) is 0 Å². The van der Waals surface area contributed by atoms with Crippen LogP contribution in [0.15, 0.2) is 0 Å². The van der Waals surface area contributed by atoms with E-state index < -0.39 is 12.1 Å². The number of hydrogen-bond donors (Lipinski definition) is 3. The van der Waals surface area contributed by atoms with Crippen LogP contribution < -0.4 is 11.2 Å². The van der Waals surface area contributed by atoms with E-state index in [4.69, 9.17) is 15.6 Å². The van der Waals surface area contributed by atoms with E-state index in [0.29, 0.717) is 0 Å². The molecule has 0 radical (unpaired) electrons. The quantitative estimate of drug-likeness (QED) is 0.529. The van der Waals surface area contributed by atoms with E-state index in [2.05, 4.69) is 4.84 Å². The molecule has 0 aliphatic rings. The summed E-state index contributed by atoms with van der Waals surface area (Å²) in [4.78, 5) is 23.2. The first kappa shape index (κ1) is 15.1. The van der Waals surface area contributed by atoms with E-state index in [1.807, 2.05) is 5.48 Å². The van der Waals surface area contributed by atoms with Gasteiger partial charge in [-0.3, -0.25) is 9.63 Å². The van der Waals surface area contributed by atoms with Gasteiger partial charge in [0.05, 0.1) is 13.7 Å². The Morgan fingerprint density at radius 2 is 1.86 bits per heavy atom. The lowest BCUT2D eigenvalue weighted by molar-refractivity contribution is -0.192. The maximum Gasteiger partial charge on any atom is 0.490 e. The number of nitrogens with two attached hydrogens (primary N) is 1. The zero-order valence-electron chi connectivity index (χ0n) is 7.09. The molecule has 0 saturated carbocycles. The highest BCUT2D eigenvalue weighted by atomic mass is 19.4. The third kappa shape index (κ3) is 10.7. The van der Waals surface area contributed by atoms with Crippen molar-refractivity contribution in [2.75, 3.05) is 13.7 Å². The number of carbonyl (C=O) groups is 2. The van der Waals surface area contributed by atoms with Gasteiger partial charge in [-0.1, -0.05) is 0 Å². The molecule has 6 nitrogen and oxygen atoms in total. The topological polar surface area (TPSA) is 102 Å². The molecule has 9 heteroatoms. The van der Waals surface area contributed by atoms with Crippen molar-refractivity contribution in [3.8, 4) is 0 Å². The van der Waals surface area contributed by atoms with Crippen LogP contribution in [0.3, 0.4) is 0 Å². The summed E-state index contributed by atoms with van der Waals surface area (Å²) < 4.78 is 31.7. The van der Waals surface area contributed by atoms with E-state index in [-0.39, 0.29) is 12.5 Å². The molecule has 1 amide bonds. The van der Waals surface area contributed by atoms with Crippen molar-refractivity contribution in [1.29, 1.82) is 0 Å². The Morgan fingerprint density at radius 1 is 1.50 bits per heavy atom. The number of nitrogens with one attached hydrogen (secondary N) is 1. The number of carboxylic acids is 1. The third-order valence-electron chi connectivity index (χ3n) is 0.644. The van der Waals surface area contributed by atoms with Crippen molar-refractivity contribution in [3.05, 3.63) is 0 Å². The van der Waals surface area contributed by atoms with Gasteiger partial charge in [0.2, 0.25) is 0 Å². The van der Waals surface area contributed by atoms with E-state index in [1.165, 1.54) is 7.11 Å². The van der Waals surface area contributed by atoms with Gasteiger partial charge < -0.3 is 10.8 Å². The fourth-order valence-electron chi connectivity index (χ4n) is 0.156. The average Bonchev–Trinajstić information content (AvgIpc) is 2.04. The number of alkyl halides is 3. The van der Waals surface area contributed by atoms with Crippen molar-refractivity contribution in [2.24, 2.45) is 5.73 Å². The second kappa shape index (κ2) is 7.09. The number of aliphatic carboxylic acids is 1. The zero-order chi connectivity index (χ0) is 11.8. The third-order valence-corrected chi connectivity index (χ3v) is 0.644. The van der Waals surface area contributed by atoms with Gasteiger partial charge in [-0.05, 0) is 0 Å². The number of rotatable bonds is 2. The Hall–Kier alpha value is -1.35. The molecule has 0 aliphatic carbocycles. The van der Waals surface area contributed by atoms with E-state index in [0.717, 1.165) is 0 Å². The van der Waals surface area contributed by atoms with Gasteiger partial charge in [-0.2, -0.15) is 13.2 Å². The lowest BCUT2D eigenvalue weighted by atomic mass is 10.7. The van der Waals surface area contributed by atoms with Gasteiger partial charge >= 0.3 is 12.1 Å². The molecule has 0 atom stereocenters. The molecule has 0 aromatic rings. The second-order valence-corrected chi connectivity index (χ2v) is 1.74. The highest BCUT2D eigenvalue weighted by Crippen LogP contribution is 2.13. The molecule has 0 saturated heterocycles. The van der Waals surface area contributed by atoms with Crippen LogP contribution in [0.4, 0.5) is 13.2 Å². The van der Waals surface area contributed by atoms with Gasteiger partial charge in [-0.25, -0.2) is 10.3 Å². The predicted molar refractivity (Wildman–Crippen MR) is 37.9 cm³/mol. The first-order chi connectivity index (χ1) is 6.25. The lowest BCUT2D eigenvalue weighted by Gasteiger charge is -1.94. The molecule has 84 valence electrons. The Kier molecular flexibility index (Phi) is 7.67. The normalized spacial score (nSPS) is 9.79. The van der Waals surface area contributed by atoms with Crippen molar-refractivity contribution in [3.63, 3.8) is 0 Å². The van der Waals surface area contributed by atoms with Crippen LogP contribution in [-0.2, 0) is 14.4 Å². The fourth-order valence-corrected chi connectivity index (χ4v) is 0.156. The summed E-state index contributed by atoms with van der Waals surface area (Å²) in [6.07, 6.45) is -5.08. The predicted octanol–water partition coefficient (Wildman–Crippen LogP) is -0.744. The van der Waals surface area contributed by atoms with Gasteiger partial charge in [0.25, 0.3) is 5.91 Å². The maximum atomic E-state index is 10.6. The highest BCUT2D eigenvalue weighted by Gasteiger charge is 2.38. The minimum atomic E-state index is -5.08. The summed E-state index contributed by atoms with van der Waals surface area (Å²) in [7, 11) is 1.35. The van der Waals surface area contributed by atoms with Crippen LogP contribution in [0.2, 0.25) is 0 Å². The van der Waals surface area contributed by atoms with Crippen LogP contribution >= 0.6 is 0 Å². The SMILES string of the molecule is CONC(=O)CN.O=C(O)C(F)(F)F. The molecular weight excluding hydrogens is 209 g/mol. The van der Waals surface area contributed by atoms with Gasteiger partial charge in [0.15, 0.2) is 0 Å². The van der Waals surface area contributed by atoms with Crippen LogP contribution in [0, 0.1) is 0 Å². The lowest BCUT2D eigenvalue weighted by Crippen LogP contribution is -2.28. The molecular formula is C5H9F3N2O4. The number of carbonyl (C=O) groups excluding carboxylic acids is 1. The molecule has 0 heterocycles. The van der Waals surface area contributed by atoms with E-state index in [9.17, 15) is 18.0 Å². The Labute approximate surface area is 76.8 Å². The number of halogens is 3. The molecule has 0 rings (SSSR count). The monoisotopic (exact) mass is 218 g/mol. The number of hydrogen-bond acceptors (Lipinski definition) is 4. The van der Waals surface area contributed by atoms with Gasteiger partial charge in [0.1, 0.15) is 0 Å². The van der Waals surface area contributed by atoms with E-state index in [1.54, 1.807) is 0 Å². The molecule has 0 fully saturated rings. The van der Waals surface area contributed by atoms with Crippen LogP contribution in [0.25, 0.3) is 0 Å².